The normalized spacial score (nSPS) is 18.1. The lowest BCUT2D eigenvalue weighted by Gasteiger charge is -2.22. The van der Waals surface area contributed by atoms with E-state index in [9.17, 15) is 4.79 Å². The minimum atomic E-state index is 0.365. The first-order chi connectivity index (χ1) is 7.33. The minimum absolute atomic E-state index is 0.365. The lowest BCUT2D eigenvalue weighted by atomic mass is 10.1. The zero-order valence-electron chi connectivity index (χ0n) is 8.98. The highest BCUT2D eigenvalue weighted by Crippen LogP contribution is 1.98. The second-order valence-corrected chi connectivity index (χ2v) is 3.54. The second kappa shape index (κ2) is 7.01. The van der Waals surface area contributed by atoms with Crippen LogP contribution in [0, 0.1) is 0 Å². The summed E-state index contributed by atoms with van der Waals surface area (Å²) in [5, 5.41) is 3.21. The highest BCUT2D eigenvalue weighted by Gasteiger charge is 2.07. The molecule has 0 bridgehead atoms. The second-order valence-electron chi connectivity index (χ2n) is 3.54. The number of carbonyl (C=O) groups excluding carboxylic acids is 1. The minimum Gasteiger partial charge on any atom is -0.463 e. The molecule has 3 heteroatoms. The van der Waals surface area contributed by atoms with Gasteiger partial charge in [0.15, 0.2) is 0 Å². The summed E-state index contributed by atoms with van der Waals surface area (Å²) in [7, 11) is 0. The van der Waals surface area contributed by atoms with Crippen LogP contribution in [0.25, 0.3) is 0 Å². The Balaban J connectivity index is 0.000000187. The van der Waals surface area contributed by atoms with E-state index in [-0.39, 0.29) is 0 Å². The van der Waals surface area contributed by atoms with Gasteiger partial charge in [-0.2, -0.15) is 0 Å². The summed E-state index contributed by atoms with van der Waals surface area (Å²) in [6.45, 7) is 4.25. The molecule has 0 amide bonds. The Bertz CT molecular complexity index is 270. The average molecular weight is 207 g/mol. The zero-order valence-corrected chi connectivity index (χ0v) is 8.98. The van der Waals surface area contributed by atoms with Crippen LogP contribution in [0.2, 0.25) is 0 Å². The summed E-state index contributed by atoms with van der Waals surface area (Å²) in [6.07, 6.45) is 1.38. The number of nitrogens with one attached hydrogen (secondary N) is 1. The maximum absolute atomic E-state index is 9.76. The van der Waals surface area contributed by atoms with Gasteiger partial charge in [-0.15, -0.1) is 0 Å². The van der Waals surface area contributed by atoms with Crippen molar-refractivity contribution in [3.63, 3.8) is 0 Å². The Morgan fingerprint density at radius 1 is 1.47 bits per heavy atom. The van der Waals surface area contributed by atoms with Gasteiger partial charge in [0.05, 0.1) is 0 Å². The van der Waals surface area contributed by atoms with E-state index in [1.165, 1.54) is 13.0 Å². The fourth-order valence-corrected chi connectivity index (χ4v) is 1.14. The Morgan fingerprint density at radius 3 is 2.47 bits per heavy atom. The standard InChI is InChI=1S/C8H8O2.C4H9N/c9-7-10-6-8-4-2-1-3-5-8;1-4-2-3-5-4/h1-5,7H,6H2;4-5H,2-3H2,1H3. The van der Waals surface area contributed by atoms with Gasteiger partial charge in [0.1, 0.15) is 6.61 Å². The Labute approximate surface area is 90.4 Å². The van der Waals surface area contributed by atoms with Crippen molar-refractivity contribution in [1.82, 2.24) is 5.32 Å². The molecule has 1 atom stereocenters. The molecule has 82 valence electrons. The number of benzene rings is 1. The quantitative estimate of drug-likeness (QED) is 0.767. The van der Waals surface area contributed by atoms with Crippen LogP contribution in [-0.4, -0.2) is 19.1 Å². The van der Waals surface area contributed by atoms with Crippen LogP contribution < -0.4 is 5.32 Å². The number of hydrogen-bond donors (Lipinski definition) is 1. The van der Waals surface area contributed by atoms with Crippen molar-refractivity contribution in [3.8, 4) is 0 Å². The third-order valence-electron chi connectivity index (χ3n) is 2.23. The van der Waals surface area contributed by atoms with Crippen LogP contribution >= 0.6 is 0 Å². The molecule has 1 aromatic carbocycles. The van der Waals surface area contributed by atoms with Crippen molar-refractivity contribution < 1.29 is 9.53 Å². The molecular formula is C12H17NO2. The van der Waals surface area contributed by atoms with Gasteiger partial charge in [-0.1, -0.05) is 30.3 Å². The molecule has 15 heavy (non-hydrogen) atoms. The van der Waals surface area contributed by atoms with E-state index in [4.69, 9.17) is 0 Å². The summed E-state index contributed by atoms with van der Waals surface area (Å²) in [6, 6.07) is 10.4. The SMILES string of the molecule is CC1CCN1.O=COCc1ccccc1. The molecular weight excluding hydrogens is 190 g/mol. The molecule has 1 fully saturated rings. The van der Waals surface area contributed by atoms with Gasteiger partial charge in [-0.05, 0) is 25.5 Å². The summed E-state index contributed by atoms with van der Waals surface area (Å²) >= 11 is 0. The van der Waals surface area contributed by atoms with Crippen molar-refractivity contribution in [2.75, 3.05) is 6.54 Å². The Hall–Kier alpha value is -1.35. The maximum Gasteiger partial charge on any atom is 0.293 e. The molecule has 1 heterocycles. The van der Waals surface area contributed by atoms with Crippen molar-refractivity contribution in [1.29, 1.82) is 0 Å². The first-order valence-electron chi connectivity index (χ1n) is 5.15. The highest BCUT2D eigenvalue weighted by atomic mass is 16.5. The van der Waals surface area contributed by atoms with Gasteiger partial charge >= 0.3 is 0 Å². The first kappa shape index (κ1) is 11.7. The largest absolute Gasteiger partial charge is 0.463 e. The van der Waals surface area contributed by atoms with Gasteiger partial charge in [0, 0.05) is 6.04 Å². The van der Waals surface area contributed by atoms with Gasteiger partial charge in [0.2, 0.25) is 0 Å². The van der Waals surface area contributed by atoms with Crippen LogP contribution in [0.1, 0.15) is 18.9 Å². The van der Waals surface area contributed by atoms with Crippen molar-refractivity contribution >= 4 is 6.47 Å². The molecule has 2 rings (SSSR count). The fourth-order valence-electron chi connectivity index (χ4n) is 1.14. The van der Waals surface area contributed by atoms with E-state index in [0.29, 0.717) is 13.1 Å². The van der Waals surface area contributed by atoms with Crippen molar-refractivity contribution in [2.45, 2.75) is 26.0 Å². The lowest BCUT2D eigenvalue weighted by molar-refractivity contribution is -0.129. The third-order valence-corrected chi connectivity index (χ3v) is 2.23. The van der Waals surface area contributed by atoms with Gasteiger partial charge < -0.3 is 10.1 Å². The van der Waals surface area contributed by atoms with Gasteiger partial charge in [-0.25, -0.2) is 0 Å². The van der Waals surface area contributed by atoms with Crippen LogP contribution in [0.15, 0.2) is 30.3 Å². The molecule has 0 aliphatic carbocycles. The molecule has 1 unspecified atom stereocenters. The summed E-state index contributed by atoms with van der Waals surface area (Å²) in [5.41, 5.74) is 1.01. The molecule has 1 aromatic rings. The van der Waals surface area contributed by atoms with Crippen molar-refractivity contribution in [3.05, 3.63) is 35.9 Å². The molecule has 0 saturated carbocycles. The van der Waals surface area contributed by atoms with E-state index in [1.807, 2.05) is 30.3 Å². The first-order valence-corrected chi connectivity index (χ1v) is 5.15. The zero-order chi connectivity index (χ0) is 10.9. The van der Waals surface area contributed by atoms with E-state index >= 15 is 0 Å². The van der Waals surface area contributed by atoms with E-state index in [0.717, 1.165) is 11.6 Å². The van der Waals surface area contributed by atoms with Crippen LogP contribution in [0.4, 0.5) is 0 Å². The number of rotatable bonds is 3. The Morgan fingerprint density at radius 2 is 2.07 bits per heavy atom. The molecule has 1 saturated heterocycles. The molecule has 1 N–H and O–H groups in total. The highest BCUT2D eigenvalue weighted by molar-refractivity contribution is 5.37. The smallest absolute Gasteiger partial charge is 0.293 e. The predicted molar refractivity (Wildman–Crippen MR) is 59.4 cm³/mol. The average Bonchev–Trinajstić information content (AvgIpc) is 2.26. The fraction of sp³-hybridized carbons (Fsp3) is 0.417. The Kier molecular flexibility index (Phi) is 5.48. The summed E-state index contributed by atoms with van der Waals surface area (Å²) < 4.78 is 4.54. The molecule has 0 spiro atoms. The van der Waals surface area contributed by atoms with Crippen molar-refractivity contribution in [2.24, 2.45) is 0 Å². The van der Waals surface area contributed by atoms with Crippen LogP contribution in [-0.2, 0) is 16.1 Å². The van der Waals surface area contributed by atoms with Gasteiger partial charge in [-0.3, -0.25) is 4.79 Å². The van der Waals surface area contributed by atoms with E-state index in [1.54, 1.807) is 0 Å². The monoisotopic (exact) mass is 207 g/mol. The van der Waals surface area contributed by atoms with E-state index in [2.05, 4.69) is 17.0 Å². The lowest BCUT2D eigenvalue weighted by Crippen LogP contribution is -2.39. The summed E-state index contributed by atoms with van der Waals surface area (Å²) in [5.74, 6) is 0. The summed E-state index contributed by atoms with van der Waals surface area (Å²) in [4.78, 5) is 9.76. The molecule has 0 radical (unpaired) electrons. The third kappa shape index (κ3) is 5.18. The van der Waals surface area contributed by atoms with Crippen LogP contribution in [0.5, 0.6) is 0 Å². The number of ether oxygens (including phenoxy) is 1. The molecule has 3 nitrogen and oxygen atoms in total. The number of carbonyl (C=O) groups is 1. The van der Waals surface area contributed by atoms with Crippen LogP contribution in [0.3, 0.4) is 0 Å². The predicted octanol–water partition coefficient (Wildman–Crippen LogP) is 1.73. The van der Waals surface area contributed by atoms with E-state index < -0.39 is 0 Å². The van der Waals surface area contributed by atoms with Gasteiger partial charge in [0.25, 0.3) is 6.47 Å². The number of hydrogen-bond acceptors (Lipinski definition) is 3. The topological polar surface area (TPSA) is 38.3 Å². The molecule has 1 aliphatic heterocycles. The molecule has 1 aliphatic rings. The maximum atomic E-state index is 9.76. The molecule has 0 aromatic heterocycles.